The van der Waals surface area contributed by atoms with Crippen molar-refractivity contribution >= 4 is 5.91 Å². The molecule has 2 heterocycles. The van der Waals surface area contributed by atoms with Gasteiger partial charge in [0.1, 0.15) is 0 Å². The molecule has 7 heteroatoms. The van der Waals surface area contributed by atoms with E-state index in [9.17, 15) is 4.79 Å². The van der Waals surface area contributed by atoms with Gasteiger partial charge in [0.15, 0.2) is 0 Å². The van der Waals surface area contributed by atoms with E-state index in [0.717, 1.165) is 58.9 Å². The molecule has 2 fully saturated rings. The van der Waals surface area contributed by atoms with Gasteiger partial charge in [-0.1, -0.05) is 36.4 Å². The number of carbonyl (C=O) groups excluding carboxylic acids is 1. The van der Waals surface area contributed by atoms with E-state index in [2.05, 4.69) is 64.8 Å². The first-order chi connectivity index (χ1) is 16.4. The number of carbonyl (C=O) groups is 1. The molecule has 0 radical (unpaired) electrons. The molecular formula is C27H39N5O2. The number of piperazine rings is 2. The van der Waals surface area contributed by atoms with E-state index in [0.29, 0.717) is 17.6 Å². The fourth-order valence-electron chi connectivity index (χ4n) is 5.22. The second-order valence-electron chi connectivity index (χ2n) is 10.1. The van der Waals surface area contributed by atoms with E-state index in [-0.39, 0.29) is 0 Å². The van der Waals surface area contributed by atoms with Crippen LogP contribution in [0.15, 0.2) is 48.5 Å². The van der Waals surface area contributed by atoms with Crippen molar-refractivity contribution in [3.05, 3.63) is 70.8 Å². The van der Waals surface area contributed by atoms with Crippen LogP contribution in [0, 0.1) is 0 Å². The summed E-state index contributed by atoms with van der Waals surface area (Å²) in [5, 5.41) is 8.78. The number of benzene rings is 2. The number of rotatable bonds is 7. The number of amides is 1. The van der Waals surface area contributed by atoms with E-state index < -0.39 is 5.91 Å². The molecule has 2 aliphatic heterocycles. The Hall–Kier alpha value is -2.29. The highest BCUT2D eigenvalue weighted by molar-refractivity contribution is 5.93. The lowest BCUT2D eigenvalue weighted by Crippen LogP contribution is -2.55. The molecule has 2 aromatic carbocycles. The predicted molar refractivity (Wildman–Crippen MR) is 135 cm³/mol. The lowest BCUT2D eigenvalue weighted by atomic mass is 10.0. The smallest absolute Gasteiger partial charge is 0.274 e. The summed E-state index contributed by atoms with van der Waals surface area (Å²) in [6, 6.07) is 17.6. The maximum atomic E-state index is 11.5. The summed E-state index contributed by atoms with van der Waals surface area (Å²) in [6.45, 7) is 14.2. The second kappa shape index (κ2) is 11.4. The molecule has 2 aliphatic rings. The molecule has 1 amide bonds. The van der Waals surface area contributed by atoms with Crippen LogP contribution in [0.1, 0.15) is 40.9 Å². The zero-order valence-corrected chi connectivity index (χ0v) is 20.8. The molecule has 2 saturated heterocycles. The average molecular weight is 466 g/mol. The third kappa shape index (κ3) is 6.43. The molecule has 2 atom stereocenters. The Labute approximate surface area is 203 Å². The minimum atomic E-state index is -0.477. The summed E-state index contributed by atoms with van der Waals surface area (Å²) in [6.07, 6.45) is 0. The fraction of sp³-hybridized carbons (Fsp3) is 0.519. The van der Waals surface area contributed by atoms with E-state index in [4.69, 9.17) is 5.21 Å². The average Bonchev–Trinajstić information content (AvgIpc) is 2.84. The Morgan fingerprint density at radius 3 is 1.79 bits per heavy atom. The number of likely N-dealkylation sites (N-methyl/N-ethyl adjacent to an activating group) is 1. The highest BCUT2D eigenvalue weighted by Gasteiger charge is 2.29. The van der Waals surface area contributed by atoms with Crippen molar-refractivity contribution in [2.24, 2.45) is 0 Å². The summed E-state index contributed by atoms with van der Waals surface area (Å²) in [5.74, 6) is -0.477. The van der Waals surface area contributed by atoms with Gasteiger partial charge in [-0.15, -0.1) is 0 Å². The summed E-state index contributed by atoms with van der Waals surface area (Å²) >= 11 is 0. The van der Waals surface area contributed by atoms with Crippen LogP contribution < -0.4 is 5.48 Å². The Morgan fingerprint density at radius 2 is 1.26 bits per heavy atom. The number of nitrogens with one attached hydrogen (secondary N) is 1. The van der Waals surface area contributed by atoms with Gasteiger partial charge >= 0.3 is 0 Å². The molecule has 0 unspecified atom stereocenters. The van der Waals surface area contributed by atoms with Crippen molar-refractivity contribution in [3.63, 3.8) is 0 Å². The third-order valence-corrected chi connectivity index (χ3v) is 7.29. The topological polar surface area (TPSA) is 62.3 Å². The molecule has 0 aliphatic carbocycles. The summed E-state index contributed by atoms with van der Waals surface area (Å²) in [4.78, 5) is 21.6. The second-order valence-corrected chi connectivity index (χ2v) is 10.1. The van der Waals surface area contributed by atoms with Gasteiger partial charge in [0.2, 0.25) is 0 Å². The van der Waals surface area contributed by atoms with Gasteiger partial charge < -0.3 is 4.90 Å². The summed E-state index contributed by atoms with van der Waals surface area (Å²) in [7, 11) is 2.20. The van der Waals surface area contributed by atoms with Gasteiger partial charge in [-0.05, 0) is 49.7 Å². The van der Waals surface area contributed by atoms with Crippen LogP contribution in [0.5, 0.6) is 0 Å². The molecule has 0 saturated carbocycles. The normalized spacial score (nSPS) is 23.2. The minimum Gasteiger partial charge on any atom is -0.304 e. The van der Waals surface area contributed by atoms with Crippen LogP contribution in [0.25, 0.3) is 0 Å². The van der Waals surface area contributed by atoms with Crippen LogP contribution in [-0.4, -0.2) is 89.1 Å². The number of hydrogen-bond donors (Lipinski definition) is 2. The van der Waals surface area contributed by atoms with Gasteiger partial charge in [0, 0.05) is 76.5 Å². The Balaban J connectivity index is 1.28. The zero-order valence-electron chi connectivity index (χ0n) is 20.8. The summed E-state index contributed by atoms with van der Waals surface area (Å²) in [5.41, 5.74) is 6.11. The highest BCUT2D eigenvalue weighted by Crippen LogP contribution is 2.21. The van der Waals surface area contributed by atoms with E-state index in [1.165, 1.54) is 16.7 Å². The standard InChI is InChI=1S/C27H39N5O2/c1-21-16-31(19-24-8-10-26(11-9-24)27(33)28-34)17-22(2)32(21)20-25-6-4-23(5-7-25)18-30-14-12-29(3)13-15-30/h4-11,21-22,34H,12-20H2,1-3H3,(H,28,33)/t21-,22+. The number of hydrogen-bond acceptors (Lipinski definition) is 6. The first-order valence-corrected chi connectivity index (χ1v) is 12.4. The minimum absolute atomic E-state index is 0.465. The largest absolute Gasteiger partial charge is 0.304 e. The Bertz CT molecular complexity index is 913. The maximum absolute atomic E-state index is 11.5. The highest BCUT2D eigenvalue weighted by atomic mass is 16.5. The molecule has 184 valence electrons. The molecule has 0 aromatic heterocycles. The van der Waals surface area contributed by atoms with Gasteiger partial charge in [0.25, 0.3) is 5.91 Å². The number of hydroxylamine groups is 1. The molecule has 0 spiro atoms. The first kappa shape index (κ1) is 24.8. The van der Waals surface area contributed by atoms with Crippen molar-refractivity contribution in [1.82, 2.24) is 25.1 Å². The van der Waals surface area contributed by atoms with Crippen molar-refractivity contribution in [3.8, 4) is 0 Å². The summed E-state index contributed by atoms with van der Waals surface area (Å²) < 4.78 is 0. The Morgan fingerprint density at radius 1 is 0.794 bits per heavy atom. The van der Waals surface area contributed by atoms with Crippen molar-refractivity contribution in [2.75, 3.05) is 46.3 Å². The van der Waals surface area contributed by atoms with E-state index in [1.807, 2.05) is 12.1 Å². The van der Waals surface area contributed by atoms with Crippen LogP contribution in [0.2, 0.25) is 0 Å². The lowest BCUT2D eigenvalue weighted by molar-refractivity contribution is 0.0290. The lowest BCUT2D eigenvalue weighted by Gasteiger charge is -2.44. The maximum Gasteiger partial charge on any atom is 0.274 e. The quantitative estimate of drug-likeness (QED) is 0.484. The van der Waals surface area contributed by atoms with Crippen LogP contribution in [0.4, 0.5) is 0 Å². The van der Waals surface area contributed by atoms with Gasteiger partial charge in [-0.2, -0.15) is 0 Å². The molecule has 4 rings (SSSR count). The molecule has 2 aromatic rings. The van der Waals surface area contributed by atoms with Crippen LogP contribution >= 0.6 is 0 Å². The van der Waals surface area contributed by atoms with Crippen molar-refractivity contribution in [1.29, 1.82) is 0 Å². The van der Waals surface area contributed by atoms with Gasteiger partial charge in [-0.3, -0.25) is 24.7 Å². The predicted octanol–water partition coefficient (Wildman–Crippen LogP) is 2.65. The third-order valence-electron chi connectivity index (χ3n) is 7.29. The van der Waals surface area contributed by atoms with Crippen molar-refractivity contribution in [2.45, 2.75) is 45.6 Å². The number of nitrogens with zero attached hydrogens (tertiary/aromatic N) is 4. The molecule has 34 heavy (non-hydrogen) atoms. The SMILES string of the molecule is C[C@@H]1CN(Cc2ccc(C(=O)NO)cc2)C[C@H](C)N1Cc1ccc(CN2CCN(C)CC2)cc1. The molecule has 2 N–H and O–H groups in total. The van der Waals surface area contributed by atoms with Gasteiger partial charge in [0.05, 0.1) is 0 Å². The fourth-order valence-corrected chi connectivity index (χ4v) is 5.22. The van der Waals surface area contributed by atoms with E-state index in [1.54, 1.807) is 17.6 Å². The molecule has 7 nitrogen and oxygen atoms in total. The molecular weight excluding hydrogens is 426 g/mol. The van der Waals surface area contributed by atoms with Crippen LogP contribution in [0.3, 0.4) is 0 Å². The van der Waals surface area contributed by atoms with E-state index >= 15 is 0 Å². The van der Waals surface area contributed by atoms with Crippen LogP contribution in [-0.2, 0) is 19.6 Å². The monoisotopic (exact) mass is 465 g/mol. The van der Waals surface area contributed by atoms with Crippen molar-refractivity contribution < 1.29 is 10.0 Å². The van der Waals surface area contributed by atoms with Gasteiger partial charge in [-0.25, -0.2) is 5.48 Å². The first-order valence-electron chi connectivity index (χ1n) is 12.4. The molecule has 0 bridgehead atoms. The zero-order chi connectivity index (χ0) is 24.1. The Kier molecular flexibility index (Phi) is 8.34.